The number of nitrogens with zero attached hydrogens (tertiary/aromatic N) is 1. The normalized spacial score (nSPS) is 11.9. The average Bonchev–Trinajstić information content (AvgIpc) is 2.95. The minimum Gasteiger partial charge on any atom is -0.480 e. The third-order valence-electron chi connectivity index (χ3n) is 3.25. The van der Waals surface area contributed by atoms with E-state index in [1.165, 1.54) is 23.8 Å². The van der Waals surface area contributed by atoms with E-state index >= 15 is 0 Å². The fourth-order valence-corrected chi connectivity index (χ4v) is 2.75. The van der Waals surface area contributed by atoms with Gasteiger partial charge in [0, 0.05) is 10.9 Å². The standard InChI is InChI=1S/C16H18N2O3S/c1-3-11-4-6-12(7-5-11)15-18-13(9-22-15)8-14(19)17-10(2)16(20)21/h4-7,9-10H,3,8H2,1-2H3,(H,17,19)(H,20,21)/t10-/m0/s1. The lowest BCUT2D eigenvalue weighted by Crippen LogP contribution is -2.39. The highest BCUT2D eigenvalue weighted by Crippen LogP contribution is 2.24. The summed E-state index contributed by atoms with van der Waals surface area (Å²) in [5.74, 6) is -1.39. The number of aromatic nitrogens is 1. The summed E-state index contributed by atoms with van der Waals surface area (Å²) in [6.07, 6.45) is 1.08. The van der Waals surface area contributed by atoms with Crippen LogP contribution < -0.4 is 5.32 Å². The highest BCUT2D eigenvalue weighted by molar-refractivity contribution is 7.13. The number of carbonyl (C=O) groups is 2. The van der Waals surface area contributed by atoms with Crippen molar-refractivity contribution in [1.82, 2.24) is 10.3 Å². The lowest BCUT2D eigenvalue weighted by molar-refractivity contribution is -0.141. The van der Waals surface area contributed by atoms with Gasteiger partial charge in [-0.2, -0.15) is 0 Å². The summed E-state index contributed by atoms with van der Waals surface area (Å²) in [5, 5.41) is 13.9. The Morgan fingerprint density at radius 3 is 2.59 bits per heavy atom. The molecular weight excluding hydrogens is 300 g/mol. The lowest BCUT2D eigenvalue weighted by Gasteiger charge is -2.07. The number of hydrogen-bond acceptors (Lipinski definition) is 4. The Balaban J connectivity index is 2.01. The molecule has 2 aromatic rings. The summed E-state index contributed by atoms with van der Waals surface area (Å²) in [5.41, 5.74) is 2.94. The largest absolute Gasteiger partial charge is 0.480 e. The zero-order chi connectivity index (χ0) is 16.1. The molecule has 0 saturated heterocycles. The summed E-state index contributed by atoms with van der Waals surface area (Å²) in [7, 11) is 0. The van der Waals surface area contributed by atoms with Gasteiger partial charge in [0.15, 0.2) is 0 Å². The van der Waals surface area contributed by atoms with Crippen molar-refractivity contribution in [1.29, 1.82) is 0 Å². The van der Waals surface area contributed by atoms with Gasteiger partial charge >= 0.3 is 5.97 Å². The highest BCUT2D eigenvalue weighted by atomic mass is 32.1. The van der Waals surface area contributed by atoms with Crippen LogP contribution in [0.2, 0.25) is 0 Å². The molecule has 0 fully saturated rings. The van der Waals surface area contributed by atoms with Crippen LogP contribution in [-0.2, 0) is 22.4 Å². The van der Waals surface area contributed by atoms with E-state index in [0.717, 1.165) is 17.0 Å². The molecule has 0 aliphatic carbocycles. The zero-order valence-corrected chi connectivity index (χ0v) is 13.3. The van der Waals surface area contributed by atoms with Crippen LogP contribution in [0.25, 0.3) is 10.6 Å². The molecule has 22 heavy (non-hydrogen) atoms. The molecule has 2 rings (SSSR count). The molecule has 0 aliphatic heterocycles. The molecule has 0 unspecified atom stereocenters. The number of aryl methyl sites for hydroxylation is 1. The maximum absolute atomic E-state index is 11.7. The van der Waals surface area contributed by atoms with Crippen LogP contribution in [0.4, 0.5) is 0 Å². The number of thiazole rings is 1. The van der Waals surface area contributed by atoms with Gasteiger partial charge in [-0.15, -0.1) is 11.3 Å². The van der Waals surface area contributed by atoms with E-state index in [-0.39, 0.29) is 12.3 Å². The van der Waals surface area contributed by atoms with E-state index in [4.69, 9.17) is 5.11 Å². The second-order valence-corrected chi connectivity index (χ2v) is 5.86. The van der Waals surface area contributed by atoms with E-state index < -0.39 is 12.0 Å². The van der Waals surface area contributed by atoms with Crippen molar-refractivity contribution >= 4 is 23.2 Å². The predicted molar refractivity (Wildman–Crippen MR) is 85.9 cm³/mol. The minimum absolute atomic E-state index is 0.0845. The number of rotatable bonds is 6. The Bertz CT molecular complexity index is 664. The van der Waals surface area contributed by atoms with Crippen LogP contribution in [0.5, 0.6) is 0 Å². The van der Waals surface area contributed by atoms with Crippen LogP contribution in [-0.4, -0.2) is 28.0 Å². The van der Waals surface area contributed by atoms with Crippen LogP contribution >= 0.6 is 11.3 Å². The van der Waals surface area contributed by atoms with Crippen molar-refractivity contribution in [2.24, 2.45) is 0 Å². The molecule has 6 heteroatoms. The molecule has 2 N–H and O–H groups in total. The summed E-state index contributed by atoms with van der Waals surface area (Å²) >= 11 is 1.48. The zero-order valence-electron chi connectivity index (χ0n) is 12.5. The molecule has 5 nitrogen and oxygen atoms in total. The number of carboxylic acid groups (broad SMARTS) is 1. The van der Waals surface area contributed by atoms with Gasteiger partial charge in [0.05, 0.1) is 12.1 Å². The number of carbonyl (C=O) groups excluding carboxylic acids is 1. The Kier molecular flexibility index (Phi) is 5.27. The number of hydrogen-bond donors (Lipinski definition) is 2. The molecule has 0 bridgehead atoms. The first-order chi connectivity index (χ1) is 10.5. The van der Waals surface area contributed by atoms with E-state index in [2.05, 4.69) is 29.4 Å². The van der Waals surface area contributed by atoms with Crippen LogP contribution in [0.3, 0.4) is 0 Å². The van der Waals surface area contributed by atoms with Crippen molar-refractivity contribution in [3.05, 3.63) is 40.9 Å². The first-order valence-electron chi connectivity index (χ1n) is 7.05. The number of carboxylic acids is 1. The molecule has 0 spiro atoms. The van der Waals surface area contributed by atoms with Crippen molar-refractivity contribution in [3.63, 3.8) is 0 Å². The Morgan fingerprint density at radius 2 is 2.00 bits per heavy atom. The van der Waals surface area contributed by atoms with E-state index in [1.807, 2.05) is 17.5 Å². The van der Waals surface area contributed by atoms with E-state index in [1.54, 1.807) is 0 Å². The summed E-state index contributed by atoms with van der Waals surface area (Å²) < 4.78 is 0. The Morgan fingerprint density at radius 1 is 1.32 bits per heavy atom. The molecule has 1 atom stereocenters. The number of nitrogens with one attached hydrogen (secondary N) is 1. The van der Waals surface area contributed by atoms with Crippen molar-refractivity contribution in [2.45, 2.75) is 32.7 Å². The molecule has 1 heterocycles. The van der Waals surface area contributed by atoms with Gasteiger partial charge in [-0.05, 0) is 18.9 Å². The molecule has 1 amide bonds. The van der Waals surface area contributed by atoms with Gasteiger partial charge in [0.1, 0.15) is 11.0 Å². The fourth-order valence-electron chi connectivity index (χ4n) is 1.92. The van der Waals surface area contributed by atoms with Crippen LogP contribution in [0.1, 0.15) is 25.1 Å². The van der Waals surface area contributed by atoms with Crippen molar-refractivity contribution < 1.29 is 14.7 Å². The molecular formula is C16H18N2O3S. The monoisotopic (exact) mass is 318 g/mol. The molecule has 0 radical (unpaired) electrons. The van der Waals surface area contributed by atoms with E-state index in [9.17, 15) is 9.59 Å². The number of amides is 1. The summed E-state index contributed by atoms with van der Waals surface area (Å²) in [6, 6.07) is 7.28. The van der Waals surface area contributed by atoms with Crippen LogP contribution in [0, 0.1) is 0 Å². The number of benzene rings is 1. The number of aliphatic carboxylic acids is 1. The maximum Gasteiger partial charge on any atom is 0.325 e. The molecule has 1 aromatic heterocycles. The van der Waals surface area contributed by atoms with Gasteiger partial charge in [-0.3, -0.25) is 9.59 Å². The summed E-state index contributed by atoms with van der Waals surface area (Å²) in [6.45, 7) is 3.54. The smallest absolute Gasteiger partial charge is 0.325 e. The third-order valence-corrected chi connectivity index (χ3v) is 4.19. The Hall–Kier alpha value is -2.21. The topological polar surface area (TPSA) is 79.3 Å². The van der Waals surface area contributed by atoms with Gasteiger partial charge in [0.25, 0.3) is 0 Å². The quantitative estimate of drug-likeness (QED) is 0.857. The SMILES string of the molecule is CCc1ccc(-c2nc(CC(=O)N[C@@H](C)C(=O)O)cs2)cc1. The van der Waals surface area contributed by atoms with E-state index in [0.29, 0.717) is 5.69 Å². The predicted octanol–water partition coefficient (Wildman–Crippen LogP) is 2.50. The van der Waals surface area contributed by atoms with Crippen molar-refractivity contribution in [3.8, 4) is 10.6 Å². The summed E-state index contributed by atoms with van der Waals surface area (Å²) in [4.78, 5) is 26.9. The second-order valence-electron chi connectivity index (χ2n) is 5.00. The van der Waals surface area contributed by atoms with Crippen LogP contribution in [0.15, 0.2) is 29.6 Å². The van der Waals surface area contributed by atoms with Gasteiger partial charge in [0.2, 0.25) is 5.91 Å². The Labute approximate surface area is 133 Å². The second kappa shape index (κ2) is 7.17. The first kappa shape index (κ1) is 16.2. The molecule has 116 valence electrons. The maximum atomic E-state index is 11.7. The average molecular weight is 318 g/mol. The third kappa shape index (κ3) is 4.14. The van der Waals surface area contributed by atoms with Gasteiger partial charge < -0.3 is 10.4 Å². The highest BCUT2D eigenvalue weighted by Gasteiger charge is 2.15. The first-order valence-corrected chi connectivity index (χ1v) is 7.93. The molecule has 0 aliphatic rings. The molecule has 0 saturated carbocycles. The molecule has 1 aromatic carbocycles. The fraction of sp³-hybridized carbons (Fsp3) is 0.312. The lowest BCUT2D eigenvalue weighted by atomic mass is 10.1. The van der Waals surface area contributed by atoms with Gasteiger partial charge in [-0.1, -0.05) is 31.2 Å². The van der Waals surface area contributed by atoms with Gasteiger partial charge in [-0.25, -0.2) is 4.98 Å². The minimum atomic E-state index is -1.05. The van der Waals surface area contributed by atoms with Crippen molar-refractivity contribution in [2.75, 3.05) is 0 Å².